The van der Waals surface area contributed by atoms with Gasteiger partial charge in [-0.25, -0.2) is 4.79 Å². The molecule has 212 valence electrons. The smallest absolute Gasteiger partial charge is 0.325 e. The van der Waals surface area contributed by atoms with Crippen molar-refractivity contribution in [1.82, 2.24) is 20.9 Å². The molecule has 0 radical (unpaired) electrons. The minimum atomic E-state index is -1.35. The number of carbonyl (C=O) groups is 3. The summed E-state index contributed by atoms with van der Waals surface area (Å²) in [6.07, 6.45) is -0.958. The first-order valence-electron chi connectivity index (χ1n) is 12.8. The number of aromatic amines is 1. The maximum Gasteiger partial charge on any atom is 0.325 e. The molecule has 0 saturated carbocycles. The van der Waals surface area contributed by atoms with Crippen LogP contribution < -0.4 is 31.3 Å². The van der Waals surface area contributed by atoms with Crippen molar-refractivity contribution in [2.45, 2.75) is 31.7 Å². The van der Waals surface area contributed by atoms with Crippen molar-refractivity contribution in [3.05, 3.63) is 59.8 Å². The summed E-state index contributed by atoms with van der Waals surface area (Å²) in [6, 6.07) is 11.5. The molecule has 3 aromatic rings. The molecule has 13 nitrogen and oxygen atoms in total. The highest BCUT2D eigenvalue weighted by Crippen LogP contribution is 2.33. The van der Waals surface area contributed by atoms with E-state index in [2.05, 4.69) is 20.9 Å². The van der Waals surface area contributed by atoms with Gasteiger partial charge in [-0.2, -0.15) is 0 Å². The summed E-state index contributed by atoms with van der Waals surface area (Å²) in [6.45, 7) is 1.93. The number of ether oxygens (including phenoxy) is 2. The highest BCUT2D eigenvalue weighted by Gasteiger charge is 2.34. The maximum atomic E-state index is 12.9. The number of carbonyl (C=O) groups excluding carboxylic acids is 3. The molecule has 1 aromatic heterocycles. The molecule has 1 saturated heterocycles. The summed E-state index contributed by atoms with van der Waals surface area (Å²) in [4.78, 5) is 42.8. The summed E-state index contributed by atoms with van der Waals surface area (Å²) < 4.78 is 10.6. The van der Waals surface area contributed by atoms with E-state index in [4.69, 9.17) is 20.6 Å². The van der Waals surface area contributed by atoms with Gasteiger partial charge in [-0.1, -0.05) is 12.1 Å². The number of H-pyrrole nitrogens is 1. The zero-order chi connectivity index (χ0) is 28.8. The van der Waals surface area contributed by atoms with Crippen LogP contribution >= 0.6 is 0 Å². The minimum Gasteiger partial charge on any atom is -0.494 e. The lowest BCUT2D eigenvalue weighted by atomic mass is 10.2. The number of amidine groups is 1. The van der Waals surface area contributed by atoms with Crippen molar-refractivity contribution in [1.29, 1.82) is 5.41 Å². The van der Waals surface area contributed by atoms with Crippen LogP contribution in [-0.4, -0.2) is 72.7 Å². The summed E-state index contributed by atoms with van der Waals surface area (Å²) in [7, 11) is 1.48. The number of fused-ring (bicyclic) bond motifs is 1. The van der Waals surface area contributed by atoms with E-state index in [0.717, 1.165) is 10.9 Å². The average molecular weight is 552 g/mol. The summed E-state index contributed by atoms with van der Waals surface area (Å²) in [5.74, 6) is -0.607. The van der Waals surface area contributed by atoms with Crippen LogP contribution in [0.3, 0.4) is 0 Å². The number of hydrogen-bond donors (Lipinski definition) is 7. The van der Waals surface area contributed by atoms with Crippen LogP contribution in [0.2, 0.25) is 0 Å². The molecule has 3 amide bonds. The second-order valence-corrected chi connectivity index (χ2v) is 9.14. The minimum absolute atomic E-state index is 0.0703. The molecular formula is C27H33N7O6. The SMILES string of the molecule is CCOC(=O)C(CNC(=O)NC1CCN(c2ccc(C(=N)N)cc2)C1=O)NC(O)c1[nH]c2ccccc2c1OC. The molecular weight excluding hydrogens is 518 g/mol. The van der Waals surface area contributed by atoms with Gasteiger partial charge in [0, 0.05) is 35.2 Å². The van der Waals surface area contributed by atoms with E-state index in [-0.39, 0.29) is 24.9 Å². The van der Waals surface area contributed by atoms with E-state index in [1.807, 2.05) is 24.3 Å². The van der Waals surface area contributed by atoms with Crippen molar-refractivity contribution in [2.24, 2.45) is 5.73 Å². The predicted octanol–water partition coefficient (Wildman–Crippen LogP) is 1.08. The lowest BCUT2D eigenvalue weighted by Crippen LogP contribution is -2.52. The van der Waals surface area contributed by atoms with Crippen LogP contribution in [0.15, 0.2) is 48.5 Å². The van der Waals surface area contributed by atoms with Gasteiger partial charge >= 0.3 is 12.0 Å². The monoisotopic (exact) mass is 551 g/mol. The number of nitrogens with two attached hydrogens (primary N) is 1. The number of nitrogen functional groups attached to an aromatic ring is 1. The molecule has 0 spiro atoms. The largest absolute Gasteiger partial charge is 0.494 e. The highest BCUT2D eigenvalue weighted by molar-refractivity contribution is 6.02. The van der Waals surface area contributed by atoms with Crippen molar-refractivity contribution >= 4 is 40.3 Å². The number of aliphatic hydroxyl groups excluding tert-OH is 1. The Morgan fingerprint density at radius 2 is 1.95 bits per heavy atom. The predicted molar refractivity (Wildman–Crippen MR) is 148 cm³/mol. The number of rotatable bonds is 11. The zero-order valence-corrected chi connectivity index (χ0v) is 22.2. The van der Waals surface area contributed by atoms with Crippen LogP contribution in [0.4, 0.5) is 10.5 Å². The Hall–Kier alpha value is -4.62. The molecule has 2 aromatic carbocycles. The Kier molecular flexibility index (Phi) is 8.86. The summed E-state index contributed by atoms with van der Waals surface area (Å²) in [5, 5.41) is 27.2. The first-order chi connectivity index (χ1) is 19.2. The number of methoxy groups -OCH3 is 1. The van der Waals surface area contributed by atoms with Crippen LogP contribution in [0.5, 0.6) is 5.75 Å². The second-order valence-electron chi connectivity index (χ2n) is 9.14. The van der Waals surface area contributed by atoms with Crippen molar-refractivity contribution in [2.75, 3.05) is 31.7 Å². The van der Waals surface area contributed by atoms with Gasteiger partial charge in [0.25, 0.3) is 0 Å². The van der Waals surface area contributed by atoms with Crippen LogP contribution in [0.25, 0.3) is 10.9 Å². The number of aliphatic hydroxyl groups is 1. The number of benzene rings is 2. The van der Waals surface area contributed by atoms with E-state index < -0.39 is 30.3 Å². The Balaban J connectivity index is 1.37. The van der Waals surface area contributed by atoms with Gasteiger partial charge in [-0.05, 0) is 49.7 Å². The third-order valence-corrected chi connectivity index (χ3v) is 6.56. The molecule has 0 aliphatic carbocycles. The molecule has 1 fully saturated rings. The van der Waals surface area contributed by atoms with Gasteiger partial charge in [0.05, 0.1) is 13.7 Å². The number of nitrogens with one attached hydrogen (secondary N) is 5. The topological polar surface area (TPSA) is 195 Å². The first-order valence-corrected chi connectivity index (χ1v) is 12.8. The molecule has 3 atom stereocenters. The normalized spacial score (nSPS) is 16.4. The molecule has 1 aliphatic heterocycles. The van der Waals surface area contributed by atoms with Crippen LogP contribution in [0.1, 0.15) is 30.8 Å². The summed E-state index contributed by atoms with van der Waals surface area (Å²) in [5.41, 5.74) is 7.72. The molecule has 8 N–H and O–H groups in total. The van der Waals surface area contributed by atoms with Gasteiger partial charge in [-0.3, -0.25) is 20.3 Å². The van der Waals surface area contributed by atoms with Gasteiger partial charge in [0.1, 0.15) is 29.8 Å². The summed E-state index contributed by atoms with van der Waals surface area (Å²) >= 11 is 0. The standard InChI is InChI=1S/C27H33N7O6/c1-3-40-26(37)20(32-24(35)21-22(39-2)17-6-4-5-7-18(17)31-21)14-30-27(38)33-19-12-13-34(25(19)36)16-10-8-15(9-11-16)23(28)29/h4-11,19-20,24,31-32,35H,3,12-14H2,1-2H3,(H3,28,29)(H2,30,33,38). The maximum absolute atomic E-state index is 12.9. The number of anilines is 1. The van der Waals surface area contributed by atoms with E-state index >= 15 is 0 Å². The van der Waals surface area contributed by atoms with Crippen molar-refractivity contribution in [3.8, 4) is 5.75 Å². The number of esters is 1. The highest BCUT2D eigenvalue weighted by atomic mass is 16.5. The zero-order valence-electron chi connectivity index (χ0n) is 22.2. The second kappa shape index (κ2) is 12.5. The number of nitrogens with zero attached hydrogens (tertiary/aromatic N) is 1. The molecule has 2 heterocycles. The molecule has 0 bridgehead atoms. The Morgan fingerprint density at radius 3 is 2.62 bits per heavy atom. The van der Waals surface area contributed by atoms with Gasteiger partial charge in [-0.15, -0.1) is 0 Å². The molecule has 4 rings (SSSR count). The lowest BCUT2D eigenvalue weighted by molar-refractivity contribution is -0.146. The Bertz CT molecular complexity index is 1390. The van der Waals surface area contributed by atoms with Crippen LogP contribution in [-0.2, 0) is 14.3 Å². The van der Waals surface area contributed by atoms with Crippen molar-refractivity contribution in [3.63, 3.8) is 0 Å². The Labute approximate surface area is 230 Å². The quantitative estimate of drug-likeness (QED) is 0.0795. The van der Waals surface area contributed by atoms with Crippen molar-refractivity contribution < 1.29 is 29.0 Å². The van der Waals surface area contributed by atoms with E-state index in [9.17, 15) is 19.5 Å². The number of hydrogen-bond acceptors (Lipinski definition) is 8. The molecule has 40 heavy (non-hydrogen) atoms. The molecule has 13 heteroatoms. The fourth-order valence-corrected chi connectivity index (χ4v) is 4.57. The number of amides is 3. The van der Waals surface area contributed by atoms with E-state index in [0.29, 0.717) is 35.7 Å². The van der Waals surface area contributed by atoms with Gasteiger partial charge in [0.15, 0.2) is 5.75 Å². The fraction of sp³-hybridized carbons (Fsp3) is 0.333. The fourth-order valence-electron chi connectivity index (χ4n) is 4.57. The number of aromatic nitrogens is 1. The lowest BCUT2D eigenvalue weighted by Gasteiger charge is -2.22. The van der Waals surface area contributed by atoms with E-state index in [1.165, 1.54) is 7.11 Å². The van der Waals surface area contributed by atoms with E-state index in [1.54, 1.807) is 36.1 Å². The average Bonchev–Trinajstić information content (AvgIpc) is 3.51. The Morgan fingerprint density at radius 1 is 1.23 bits per heavy atom. The van der Waals surface area contributed by atoms with Gasteiger partial charge < -0.3 is 40.8 Å². The van der Waals surface area contributed by atoms with Gasteiger partial charge in [0.2, 0.25) is 5.91 Å². The molecule has 1 aliphatic rings. The third kappa shape index (κ3) is 6.16. The number of para-hydroxylation sites is 1. The third-order valence-electron chi connectivity index (χ3n) is 6.56. The molecule has 3 unspecified atom stereocenters. The first kappa shape index (κ1) is 28.4. The van der Waals surface area contributed by atoms with Crippen LogP contribution in [0, 0.1) is 5.41 Å². The number of urea groups is 1.